The van der Waals surface area contributed by atoms with E-state index in [-0.39, 0.29) is 29.7 Å². The lowest BCUT2D eigenvalue weighted by Crippen LogP contribution is -2.50. The molecule has 1 aromatic carbocycles. The van der Waals surface area contributed by atoms with Crippen LogP contribution in [0.15, 0.2) is 24.3 Å². The highest BCUT2D eigenvalue weighted by atomic mass is 16.2. The van der Waals surface area contributed by atoms with E-state index in [1.54, 1.807) is 9.80 Å². The Balaban J connectivity index is 1.65. The zero-order valence-corrected chi connectivity index (χ0v) is 14.6. The first-order valence-corrected chi connectivity index (χ1v) is 8.89. The fourth-order valence-electron chi connectivity index (χ4n) is 3.67. The van der Waals surface area contributed by atoms with Gasteiger partial charge in [-0.2, -0.15) is 0 Å². The van der Waals surface area contributed by atoms with Crippen molar-refractivity contribution in [3.05, 3.63) is 35.4 Å². The SMILES string of the molecule is Cc1ccc(CN2C(=O)CCC2C(=O)N2CCC(C(N)=O)CC2)cc1. The number of piperidine rings is 1. The van der Waals surface area contributed by atoms with Crippen molar-refractivity contribution in [3.8, 4) is 0 Å². The molecule has 0 radical (unpaired) electrons. The first-order valence-electron chi connectivity index (χ1n) is 8.89. The predicted molar refractivity (Wildman–Crippen MR) is 93.2 cm³/mol. The van der Waals surface area contributed by atoms with Crippen molar-refractivity contribution in [2.45, 2.75) is 45.2 Å². The quantitative estimate of drug-likeness (QED) is 0.892. The van der Waals surface area contributed by atoms with Gasteiger partial charge in [-0.25, -0.2) is 0 Å². The lowest BCUT2D eigenvalue weighted by molar-refractivity contribution is -0.143. The van der Waals surface area contributed by atoms with E-state index in [4.69, 9.17) is 5.73 Å². The minimum Gasteiger partial charge on any atom is -0.369 e. The summed E-state index contributed by atoms with van der Waals surface area (Å²) in [5.74, 6) is -0.395. The third-order valence-corrected chi connectivity index (χ3v) is 5.30. The maximum Gasteiger partial charge on any atom is 0.245 e. The summed E-state index contributed by atoms with van der Waals surface area (Å²) in [6.45, 7) is 3.56. The topological polar surface area (TPSA) is 83.7 Å². The van der Waals surface area contributed by atoms with Gasteiger partial charge in [0.1, 0.15) is 6.04 Å². The Morgan fingerprint density at radius 2 is 1.76 bits per heavy atom. The molecule has 134 valence electrons. The smallest absolute Gasteiger partial charge is 0.245 e. The van der Waals surface area contributed by atoms with Crippen LogP contribution in [0.4, 0.5) is 0 Å². The number of likely N-dealkylation sites (tertiary alicyclic amines) is 2. The number of nitrogens with two attached hydrogens (primary N) is 1. The van der Waals surface area contributed by atoms with E-state index in [1.807, 2.05) is 31.2 Å². The maximum absolute atomic E-state index is 12.9. The van der Waals surface area contributed by atoms with Crippen LogP contribution in [0.2, 0.25) is 0 Å². The van der Waals surface area contributed by atoms with Crippen molar-refractivity contribution in [2.75, 3.05) is 13.1 Å². The largest absolute Gasteiger partial charge is 0.369 e. The van der Waals surface area contributed by atoms with Crippen LogP contribution in [0, 0.1) is 12.8 Å². The van der Waals surface area contributed by atoms with Crippen LogP contribution < -0.4 is 5.73 Å². The molecule has 3 rings (SSSR count). The third-order valence-electron chi connectivity index (χ3n) is 5.30. The van der Waals surface area contributed by atoms with Gasteiger partial charge in [-0.05, 0) is 31.7 Å². The number of nitrogens with zero attached hydrogens (tertiary/aromatic N) is 2. The Labute approximate surface area is 148 Å². The lowest BCUT2D eigenvalue weighted by atomic mass is 9.95. The fraction of sp³-hybridized carbons (Fsp3) is 0.526. The minimum atomic E-state index is -0.390. The molecule has 2 aliphatic heterocycles. The Hall–Kier alpha value is -2.37. The van der Waals surface area contributed by atoms with Crippen molar-refractivity contribution in [1.29, 1.82) is 0 Å². The highest BCUT2D eigenvalue weighted by Crippen LogP contribution is 2.25. The molecule has 0 aromatic heterocycles. The average Bonchev–Trinajstić information content (AvgIpc) is 2.97. The molecular formula is C19H25N3O3. The van der Waals surface area contributed by atoms with Crippen molar-refractivity contribution in [2.24, 2.45) is 11.7 Å². The lowest BCUT2D eigenvalue weighted by Gasteiger charge is -2.34. The van der Waals surface area contributed by atoms with Crippen LogP contribution in [-0.2, 0) is 20.9 Å². The van der Waals surface area contributed by atoms with E-state index in [9.17, 15) is 14.4 Å². The van der Waals surface area contributed by atoms with Crippen molar-refractivity contribution in [1.82, 2.24) is 9.80 Å². The second-order valence-corrected chi connectivity index (χ2v) is 7.06. The maximum atomic E-state index is 12.9. The number of hydrogen-bond acceptors (Lipinski definition) is 3. The van der Waals surface area contributed by atoms with Gasteiger partial charge in [0.25, 0.3) is 0 Å². The van der Waals surface area contributed by atoms with Crippen molar-refractivity contribution < 1.29 is 14.4 Å². The standard InChI is InChI=1S/C19H25N3O3/c1-13-2-4-14(5-3-13)12-22-16(6-7-17(22)23)19(25)21-10-8-15(9-11-21)18(20)24/h2-5,15-16H,6-12H2,1H3,(H2,20,24). The summed E-state index contributed by atoms with van der Waals surface area (Å²) in [4.78, 5) is 39.9. The van der Waals surface area contributed by atoms with Crippen LogP contribution in [0.3, 0.4) is 0 Å². The Kier molecular flexibility index (Phi) is 5.06. The number of carbonyl (C=O) groups is 3. The molecule has 0 bridgehead atoms. The Morgan fingerprint density at radius 1 is 1.12 bits per heavy atom. The van der Waals surface area contributed by atoms with E-state index in [0.717, 1.165) is 5.56 Å². The van der Waals surface area contributed by atoms with E-state index < -0.39 is 0 Å². The van der Waals surface area contributed by atoms with Gasteiger partial charge in [0.05, 0.1) is 0 Å². The van der Waals surface area contributed by atoms with Crippen molar-refractivity contribution in [3.63, 3.8) is 0 Å². The molecule has 1 unspecified atom stereocenters. The van der Waals surface area contributed by atoms with Crippen LogP contribution >= 0.6 is 0 Å². The van der Waals surface area contributed by atoms with Gasteiger partial charge in [-0.3, -0.25) is 14.4 Å². The second kappa shape index (κ2) is 7.25. The second-order valence-electron chi connectivity index (χ2n) is 7.06. The predicted octanol–water partition coefficient (Wildman–Crippen LogP) is 1.21. The molecule has 0 saturated carbocycles. The molecule has 3 amide bonds. The summed E-state index contributed by atoms with van der Waals surface area (Å²) >= 11 is 0. The number of rotatable bonds is 4. The van der Waals surface area contributed by atoms with E-state index in [2.05, 4.69) is 0 Å². The molecule has 1 aromatic rings. The average molecular weight is 343 g/mol. The molecule has 2 N–H and O–H groups in total. The third kappa shape index (κ3) is 3.83. The monoisotopic (exact) mass is 343 g/mol. The molecule has 1 atom stereocenters. The molecule has 2 aliphatic rings. The van der Waals surface area contributed by atoms with Gasteiger partial charge in [-0.15, -0.1) is 0 Å². The van der Waals surface area contributed by atoms with E-state index >= 15 is 0 Å². The van der Waals surface area contributed by atoms with Gasteiger partial charge in [0, 0.05) is 32.0 Å². The molecule has 0 aliphatic carbocycles. The van der Waals surface area contributed by atoms with Gasteiger partial charge in [0.2, 0.25) is 17.7 Å². The van der Waals surface area contributed by atoms with Gasteiger partial charge in [0.15, 0.2) is 0 Å². The zero-order chi connectivity index (χ0) is 18.0. The number of benzene rings is 1. The van der Waals surface area contributed by atoms with Gasteiger partial charge >= 0.3 is 0 Å². The van der Waals surface area contributed by atoms with Crippen LogP contribution in [0.5, 0.6) is 0 Å². The fourth-order valence-corrected chi connectivity index (χ4v) is 3.67. The molecule has 6 heteroatoms. The van der Waals surface area contributed by atoms with Gasteiger partial charge < -0.3 is 15.5 Å². The summed E-state index contributed by atoms with van der Waals surface area (Å²) < 4.78 is 0. The first kappa shape index (κ1) is 17.5. The summed E-state index contributed by atoms with van der Waals surface area (Å²) in [7, 11) is 0. The summed E-state index contributed by atoms with van der Waals surface area (Å²) in [6, 6.07) is 7.64. The normalized spacial score (nSPS) is 21.6. The number of carbonyl (C=O) groups excluding carboxylic acids is 3. The summed E-state index contributed by atoms with van der Waals surface area (Å²) in [5, 5.41) is 0. The highest BCUT2D eigenvalue weighted by Gasteiger charge is 2.39. The number of hydrogen-bond donors (Lipinski definition) is 1. The molecule has 6 nitrogen and oxygen atoms in total. The minimum absolute atomic E-state index is 0.000817. The summed E-state index contributed by atoms with van der Waals surface area (Å²) in [5.41, 5.74) is 7.55. The van der Waals surface area contributed by atoms with E-state index in [1.165, 1.54) is 5.56 Å². The number of primary amides is 1. The molecule has 0 spiro atoms. The Bertz CT molecular complexity index is 663. The van der Waals surface area contributed by atoms with Crippen LogP contribution in [-0.4, -0.2) is 46.7 Å². The van der Waals surface area contributed by atoms with E-state index in [0.29, 0.717) is 45.3 Å². The number of amides is 3. The summed E-state index contributed by atoms with van der Waals surface area (Å²) in [6.07, 6.45) is 2.21. The molecular weight excluding hydrogens is 318 g/mol. The molecule has 2 fully saturated rings. The Morgan fingerprint density at radius 3 is 2.36 bits per heavy atom. The zero-order valence-electron chi connectivity index (χ0n) is 14.6. The van der Waals surface area contributed by atoms with Crippen LogP contribution in [0.25, 0.3) is 0 Å². The number of aryl methyl sites for hydroxylation is 1. The highest BCUT2D eigenvalue weighted by molar-refractivity contribution is 5.91. The molecule has 2 heterocycles. The van der Waals surface area contributed by atoms with Crippen LogP contribution in [0.1, 0.15) is 36.8 Å². The van der Waals surface area contributed by atoms with Crippen molar-refractivity contribution >= 4 is 17.7 Å². The molecule has 2 saturated heterocycles. The first-order chi connectivity index (χ1) is 12.0. The molecule has 25 heavy (non-hydrogen) atoms. The van der Waals surface area contributed by atoms with Gasteiger partial charge in [-0.1, -0.05) is 29.8 Å².